The second kappa shape index (κ2) is 6.92. The van der Waals surface area contributed by atoms with Gasteiger partial charge in [-0.05, 0) is 46.7 Å². The first-order chi connectivity index (χ1) is 8.72. The minimum atomic E-state index is -0.181. The molecule has 1 aromatic rings. The SMILES string of the molecule is CSC1CCCCC1NCc1cccc(F)c1Br. The molecule has 0 radical (unpaired) electrons. The predicted molar refractivity (Wildman–Crippen MR) is 80.5 cm³/mol. The summed E-state index contributed by atoms with van der Waals surface area (Å²) in [4.78, 5) is 0. The second-order valence-corrected chi connectivity index (χ2v) is 6.63. The van der Waals surface area contributed by atoms with Crippen LogP contribution in [-0.2, 0) is 6.54 Å². The third kappa shape index (κ3) is 3.49. The number of hydrogen-bond donors (Lipinski definition) is 1. The minimum Gasteiger partial charge on any atom is -0.309 e. The van der Waals surface area contributed by atoms with E-state index in [9.17, 15) is 4.39 Å². The molecule has 4 heteroatoms. The molecule has 1 nitrogen and oxygen atoms in total. The summed E-state index contributed by atoms with van der Waals surface area (Å²) < 4.78 is 14.0. The molecular weight excluding hydrogens is 313 g/mol. The predicted octanol–water partition coefficient (Wildman–Crippen LogP) is 4.35. The smallest absolute Gasteiger partial charge is 0.137 e. The van der Waals surface area contributed by atoms with E-state index in [-0.39, 0.29) is 5.82 Å². The van der Waals surface area contributed by atoms with E-state index in [4.69, 9.17) is 0 Å². The van der Waals surface area contributed by atoms with Gasteiger partial charge in [0.05, 0.1) is 4.47 Å². The molecule has 0 spiro atoms. The van der Waals surface area contributed by atoms with E-state index in [1.165, 1.54) is 31.7 Å². The first-order valence-corrected chi connectivity index (χ1v) is 8.49. The van der Waals surface area contributed by atoms with E-state index in [1.54, 1.807) is 6.07 Å². The lowest BCUT2D eigenvalue weighted by Gasteiger charge is -2.31. The molecule has 1 aliphatic rings. The van der Waals surface area contributed by atoms with Crippen LogP contribution in [0.1, 0.15) is 31.2 Å². The van der Waals surface area contributed by atoms with Crippen LogP contribution in [0.15, 0.2) is 22.7 Å². The third-order valence-electron chi connectivity index (χ3n) is 3.59. The minimum absolute atomic E-state index is 0.181. The normalized spacial score (nSPS) is 24.2. The monoisotopic (exact) mass is 331 g/mol. The summed E-state index contributed by atoms with van der Waals surface area (Å²) in [5, 5.41) is 4.29. The van der Waals surface area contributed by atoms with Crippen molar-refractivity contribution in [2.75, 3.05) is 6.26 Å². The quantitative estimate of drug-likeness (QED) is 0.880. The molecule has 0 aromatic heterocycles. The van der Waals surface area contributed by atoms with E-state index in [2.05, 4.69) is 27.5 Å². The van der Waals surface area contributed by atoms with Crippen molar-refractivity contribution < 1.29 is 4.39 Å². The molecule has 2 atom stereocenters. The van der Waals surface area contributed by atoms with E-state index >= 15 is 0 Å². The standard InChI is InChI=1S/C14H19BrFNS/c1-18-13-8-3-2-7-12(13)17-9-10-5-4-6-11(16)14(10)15/h4-6,12-13,17H,2-3,7-9H2,1H3. The van der Waals surface area contributed by atoms with Crippen LogP contribution in [0.3, 0.4) is 0 Å². The molecule has 0 bridgehead atoms. The Morgan fingerprint density at radius 1 is 1.39 bits per heavy atom. The van der Waals surface area contributed by atoms with Crippen molar-refractivity contribution in [3.05, 3.63) is 34.1 Å². The lowest BCUT2D eigenvalue weighted by molar-refractivity contribution is 0.382. The van der Waals surface area contributed by atoms with Gasteiger partial charge in [-0.2, -0.15) is 11.8 Å². The van der Waals surface area contributed by atoms with Crippen molar-refractivity contribution in [2.24, 2.45) is 0 Å². The number of halogens is 2. The van der Waals surface area contributed by atoms with Crippen molar-refractivity contribution in [3.63, 3.8) is 0 Å². The lowest BCUT2D eigenvalue weighted by Crippen LogP contribution is -2.40. The molecule has 100 valence electrons. The van der Waals surface area contributed by atoms with Gasteiger partial charge in [0.2, 0.25) is 0 Å². The van der Waals surface area contributed by atoms with Crippen LogP contribution in [0.5, 0.6) is 0 Å². The fraction of sp³-hybridized carbons (Fsp3) is 0.571. The first kappa shape index (κ1) is 14.4. The zero-order chi connectivity index (χ0) is 13.0. The summed E-state index contributed by atoms with van der Waals surface area (Å²) in [7, 11) is 0. The number of hydrogen-bond acceptors (Lipinski definition) is 2. The molecule has 1 fully saturated rings. The van der Waals surface area contributed by atoms with Crippen LogP contribution in [0.25, 0.3) is 0 Å². The molecule has 0 amide bonds. The highest BCUT2D eigenvalue weighted by Gasteiger charge is 2.23. The average molecular weight is 332 g/mol. The average Bonchev–Trinajstić information content (AvgIpc) is 2.41. The highest BCUT2D eigenvalue weighted by atomic mass is 79.9. The van der Waals surface area contributed by atoms with Crippen molar-refractivity contribution in [2.45, 2.75) is 43.5 Å². The van der Waals surface area contributed by atoms with Gasteiger partial charge in [-0.3, -0.25) is 0 Å². The fourth-order valence-electron chi connectivity index (χ4n) is 2.54. The highest BCUT2D eigenvalue weighted by Crippen LogP contribution is 2.28. The number of rotatable bonds is 4. The van der Waals surface area contributed by atoms with Gasteiger partial charge in [0, 0.05) is 17.8 Å². The van der Waals surface area contributed by atoms with E-state index < -0.39 is 0 Å². The maximum atomic E-state index is 13.4. The summed E-state index contributed by atoms with van der Waals surface area (Å²) in [6.07, 6.45) is 7.36. The Morgan fingerprint density at radius 2 is 2.17 bits per heavy atom. The van der Waals surface area contributed by atoms with Gasteiger partial charge in [0.15, 0.2) is 0 Å². The summed E-state index contributed by atoms with van der Waals surface area (Å²) in [6, 6.07) is 5.78. The van der Waals surface area contributed by atoms with Gasteiger partial charge in [-0.15, -0.1) is 0 Å². The molecule has 1 aliphatic carbocycles. The Balaban J connectivity index is 1.96. The van der Waals surface area contributed by atoms with Gasteiger partial charge in [-0.25, -0.2) is 4.39 Å². The van der Waals surface area contributed by atoms with Crippen LogP contribution < -0.4 is 5.32 Å². The molecule has 1 N–H and O–H groups in total. The van der Waals surface area contributed by atoms with Crippen molar-refractivity contribution in [3.8, 4) is 0 Å². The van der Waals surface area contributed by atoms with Crippen molar-refractivity contribution in [1.29, 1.82) is 0 Å². The molecule has 18 heavy (non-hydrogen) atoms. The molecule has 0 saturated heterocycles. The maximum Gasteiger partial charge on any atom is 0.137 e. The maximum absolute atomic E-state index is 13.4. The Labute approximate surface area is 121 Å². The molecule has 1 aromatic carbocycles. The number of nitrogens with one attached hydrogen (secondary N) is 1. The summed E-state index contributed by atoms with van der Waals surface area (Å²) in [6.45, 7) is 0.736. The Bertz CT molecular complexity index is 399. The third-order valence-corrected chi connectivity index (χ3v) is 5.65. The van der Waals surface area contributed by atoms with Crippen LogP contribution in [0.2, 0.25) is 0 Å². The molecule has 0 aliphatic heterocycles. The van der Waals surface area contributed by atoms with Gasteiger partial charge in [0.1, 0.15) is 5.82 Å². The van der Waals surface area contributed by atoms with Crippen LogP contribution in [0, 0.1) is 5.82 Å². The highest BCUT2D eigenvalue weighted by molar-refractivity contribution is 9.10. The Morgan fingerprint density at radius 3 is 2.94 bits per heavy atom. The van der Waals surface area contributed by atoms with E-state index in [1.807, 2.05) is 17.8 Å². The van der Waals surface area contributed by atoms with Crippen LogP contribution >= 0.6 is 27.7 Å². The topological polar surface area (TPSA) is 12.0 Å². The summed E-state index contributed by atoms with van der Waals surface area (Å²) in [5.74, 6) is -0.181. The molecular formula is C14H19BrFNS. The number of benzene rings is 1. The largest absolute Gasteiger partial charge is 0.309 e. The first-order valence-electron chi connectivity index (χ1n) is 6.41. The van der Waals surface area contributed by atoms with E-state index in [0.717, 1.165) is 12.1 Å². The van der Waals surface area contributed by atoms with Gasteiger partial charge in [0.25, 0.3) is 0 Å². The Kier molecular flexibility index (Phi) is 5.52. The molecule has 2 rings (SSSR count). The summed E-state index contributed by atoms with van der Waals surface area (Å²) >= 11 is 5.27. The van der Waals surface area contributed by atoms with Gasteiger partial charge in [-0.1, -0.05) is 25.0 Å². The number of thioether (sulfide) groups is 1. The van der Waals surface area contributed by atoms with E-state index in [0.29, 0.717) is 15.8 Å². The van der Waals surface area contributed by atoms with Gasteiger partial charge < -0.3 is 5.32 Å². The van der Waals surface area contributed by atoms with Crippen molar-refractivity contribution in [1.82, 2.24) is 5.32 Å². The lowest BCUT2D eigenvalue weighted by atomic mass is 9.94. The second-order valence-electron chi connectivity index (χ2n) is 4.76. The molecule has 1 saturated carbocycles. The van der Waals surface area contributed by atoms with Gasteiger partial charge >= 0.3 is 0 Å². The Hall–Kier alpha value is -0.0600. The van der Waals surface area contributed by atoms with Crippen LogP contribution in [0.4, 0.5) is 4.39 Å². The molecule has 0 heterocycles. The molecule has 2 unspecified atom stereocenters. The summed E-state index contributed by atoms with van der Waals surface area (Å²) in [5.41, 5.74) is 1.00. The zero-order valence-corrected chi connectivity index (χ0v) is 13.0. The zero-order valence-electron chi connectivity index (χ0n) is 10.6. The van der Waals surface area contributed by atoms with Crippen LogP contribution in [-0.4, -0.2) is 17.5 Å². The van der Waals surface area contributed by atoms with Crippen molar-refractivity contribution >= 4 is 27.7 Å². The fourth-order valence-corrected chi connectivity index (χ4v) is 3.91.